The minimum absolute atomic E-state index is 0.0225. The topological polar surface area (TPSA) is 110 Å². The second-order valence-corrected chi connectivity index (χ2v) is 8.99. The molecule has 3 aliphatic heterocycles. The number of esters is 1. The number of pyridine rings is 1. The number of carbonyl (C=O) groups excluding carboxylic acids is 3. The monoisotopic (exact) mass is 502 g/mol. The van der Waals surface area contributed by atoms with Gasteiger partial charge in [0.15, 0.2) is 5.69 Å². The fraction of sp³-hybridized carbons (Fsp3) is 0.417. The average Bonchev–Trinajstić information content (AvgIpc) is 3.42. The lowest BCUT2D eigenvalue weighted by atomic mass is 10.1. The standard InChI is InChI=1S/C24H24F2N4O6/c1-13(31)35-12-36-22-20-24(34)30-9-16-3-2-6-29(16)19(30)11-28(20)10-17(21(22)32)23(33)27-8-14-4-5-15(25)7-18(14)26/h4-5,7,10,16,19H,2-3,6,8-9,11-12H2,1H3,(H,27,33)/t16?,19-/m0/s1. The molecule has 1 unspecified atom stereocenters. The van der Waals surface area contributed by atoms with E-state index in [-0.39, 0.29) is 35.6 Å². The highest BCUT2D eigenvalue weighted by atomic mass is 19.1. The number of ether oxygens (including phenoxy) is 2. The minimum Gasteiger partial charge on any atom is -0.451 e. The lowest BCUT2D eigenvalue weighted by Crippen LogP contribution is -2.50. The largest absolute Gasteiger partial charge is 0.451 e. The third kappa shape index (κ3) is 4.21. The van der Waals surface area contributed by atoms with Crippen LogP contribution in [0.2, 0.25) is 0 Å². The second kappa shape index (κ2) is 9.34. The van der Waals surface area contributed by atoms with Gasteiger partial charge in [0.1, 0.15) is 23.4 Å². The van der Waals surface area contributed by atoms with Crippen molar-refractivity contribution in [1.82, 2.24) is 19.7 Å². The Morgan fingerprint density at radius 2 is 2.00 bits per heavy atom. The van der Waals surface area contributed by atoms with E-state index < -0.39 is 47.4 Å². The smallest absolute Gasteiger partial charge is 0.305 e. The van der Waals surface area contributed by atoms with Crippen molar-refractivity contribution in [2.45, 2.75) is 45.1 Å². The molecule has 1 N–H and O–H groups in total. The maximum atomic E-state index is 14.0. The quantitative estimate of drug-likeness (QED) is 0.467. The molecule has 3 aliphatic rings. The lowest BCUT2D eigenvalue weighted by molar-refractivity contribution is -0.147. The van der Waals surface area contributed by atoms with Gasteiger partial charge in [-0.1, -0.05) is 6.07 Å². The van der Waals surface area contributed by atoms with Crippen molar-refractivity contribution >= 4 is 17.8 Å². The molecule has 2 saturated heterocycles. The van der Waals surface area contributed by atoms with E-state index >= 15 is 0 Å². The van der Waals surface area contributed by atoms with Gasteiger partial charge in [-0.05, 0) is 18.9 Å². The Morgan fingerprint density at radius 3 is 2.75 bits per heavy atom. The van der Waals surface area contributed by atoms with Crippen molar-refractivity contribution in [3.8, 4) is 5.75 Å². The van der Waals surface area contributed by atoms with Gasteiger partial charge in [0.05, 0.1) is 6.54 Å². The zero-order valence-electron chi connectivity index (χ0n) is 19.5. The number of halogens is 2. The normalized spacial score (nSPS) is 20.5. The molecule has 4 heterocycles. The summed E-state index contributed by atoms with van der Waals surface area (Å²) in [5.41, 5.74) is -1.18. The van der Waals surface area contributed by atoms with Crippen LogP contribution in [0.5, 0.6) is 5.75 Å². The van der Waals surface area contributed by atoms with Crippen LogP contribution in [0.15, 0.2) is 29.2 Å². The number of hydrogen-bond acceptors (Lipinski definition) is 7. The van der Waals surface area contributed by atoms with E-state index in [1.54, 1.807) is 4.90 Å². The fourth-order valence-corrected chi connectivity index (χ4v) is 5.11. The highest BCUT2D eigenvalue weighted by Crippen LogP contribution is 2.35. The molecule has 36 heavy (non-hydrogen) atoms. The number of amides is 2. The molecule has 0 aliphatic carbocycles. The van der Waals surface area contributed by atoms with Gasteiger partial charge in [-0.15, -0.1) is 0 Å². The van der Waals surface area contributed by atoms with Gasteiger partial charge < -0.3 is 24.3 Å². The van der Waals surface area contributed by atoms with Crippen molar-refractivity contribution in [3.05, 3.63) is 63.1 Å². The van der Waals surface area contributed by atoms with Crippen molar-refractivity contribution in [2.75, 3.05) is 19.9 Å². The number of benzene rings is 1. The first kappa shape index (κ1) is 23.9. The first-order valence-electron chi connectivity index (χ1n) is 11.6. The summed E-state index contributed by atoms with van der Waals surface area (Å²) >= 11 is 0. The average molecular weight is 502 g/mol. The van der Waals surface area contributed by atoms with Crippen LogP contribution >= 0.6 is 0 Å². The van der Waals surface area contributed by atoms with Crippen molar-refractivity contribution < 1.29 is 32.6 Å². The second-order valence-electron chi connectivity index (χ2n) is 8.99. The van der Waals surface area contributed by atoms with E-state index in [0.29, 0.717) is 19.2 Å². The van der Waals surface area contributed by atoms with Crippen molar-refractivity contribution in [1.29, 1.82) is 0 Å². The molecule has 0 spiro atoms. The van der Waals surface area contributed by atoms with Crippen LogP contribution in [0.25, 0.3) is 0 Å². The summed E-state index contributed by atoms with van der Waals surface area (Å²) in [7, 11) is 0. The maximum absolute atomic E-state index is 14.0. The van der Waals surface area contributed by atoms with Gasteiger partial charge in [0, 0.05) is 50.4 Å². The number of nitrogens with zero attached hydrogens (tertiary/aromatic N) is 3. The summed E-state index contributed by atoms with van der Waals surface area (Å²) in [5.74, 6) is -3.86. The zero-order valence-corrected chi connectivity index (χ0v) is 19.5. The number of nitrogens with one attached hydrogen (secondary N) is 1. The predicted octanol–water partition coefficient (Wildman–Crippen LogP) is 1.22. The molecular weight excluding hydrogens is 478 g/mol. The van der Waals surface area contributed by atoms with Crippen LogP contribution in [-0.4, -0.2) is 64.2 Å². The molecule has 1 aromatic carbocycles. The number of aromatic nitrogens is 1. The van der Waals surface area contributed by atoms with E-state index in [2.05, 4.69) is 10.2 Å². The lowest BCUT2D eigenvalue weighted by Gasteiger charge is -2.36. The summed E-state index contributed by atoms with van der Waals surface area (Å²) in [6.07, 6.45) is 3.08. The first-order chi connectivity index (χ1) is 17.2. The van der Waals surface area contributed by atoms with E-state index in [1.807, 2.05) is 0 Å². The van der Waals surface area contributed by atoms with E-state index in [9.17, 15) is 28.0 Å². The number of fused-ring (bicyclic) bond motifs is 4. The molecule has 2 fully saturated rings. The summed E-state index contributed by atoms with van der Waals surface area (Å²) in [6, 6.07) is 3.18. The highest BCUT2D eigenvalue weighted by Gasteiger charge is 2.48. The summed E-state index contributed by atoms with van der Waals surface area (Å²) in [5, 5.41) is 2.46. The van der Waals surface area contributed by atoms with Crippen LogP contribution < -0.4 is 15.5 Å². The van der Waals surface area contributed by atoms with E-state index in [4.69, 9.17) is 9.47 Å². The minimum atomic E-state index is -0.864. The Bertz CT molecular complexity index is 1310. The zero-order chi connectivity index (χ0) is 25.6. The Balaban J connectivity index is 1.48. The van der Waals surface area contributed by atoms with E-state index in [0.717, 1.165) is 32.4 Å². The molecule has 10 nitrogen and oxygen atoms in total. The number of carbonyl (C=O) groups is 3. The highest BCUT2D eigenvalue weighted by molar-refractivity contribution is 5.99. The molecule has 2 aromatic rings. The van der Waals surface area contributed by atoms with Crippen LogP contribution in [0.1, 0.15) is 46.2 Å². The van der Waals surface area contributed by atoms with Gasteiger partial charge >= 0.3 is 5.97 Å². The summed E-state index contributed by atoms with van der Waals surface area (Å²) in [4.78, 5) is 54.8. The Morgan fingerprint density at radius 1 is 1.19 bits per heavy atom. The summed E-state index contributed by atoms with van der Waals surface area (Å²) in [6.45, 7) is 1.95. The SMILES string of the molecule is CC(=O)OCOc1c2n(cc(C(=O)NCc3ccc(F)cc3F)c1=O)C[C@@H]1N(CC3CCCN31)C2=O. The molecule has 0 radical (unpaired) electrons. The van der Waals surface area contributed by atoms with Gasteiger partial charge in [-0.2, -0.15) is 0 Å². The van der Waals surface area contributed by atoms with Crippen LogP contribution in [0.4, 0.5) is 8.78 Å². The third-order valence-corrected chi connectivity index (χ3v) is 6.80. The van der Waals surface area contributed by atoms with Gasteiger partial charge in [-0.25, -0.2) is 8.78 Å². The van der Waals surface area contributed by atoms with E-state index in [1.165, 1.54) is 16.8 Å². The molecule has 2 amide bonds. The molecule has 0 saturated carbocycles. The maximum Gasteiger partial charge on any atom is 0.305 e. The number of rotatable bonds is 6. The molecular formula is C24H24F2N4O6. The van der Waals surface area contributed by atoms with Crippen LogP contribution in [0, 0.1) is 11.6 Å². The van der Waals surface area contributed by atoms with Gasteiger partial charge in [0.2, 0.25) is 18.0 Å². The summed E-state index contributed by atoms with van der Waals surface area (Å²) < 4.78 is 38.9. The van der Waals surface area contributed by atoms with Crippen molar-refractivity contribution in [3.63, 3.8) is 0 Å². The molecule has 1 aromatic heterocycles. The molecule has 0 bridgehead atoms. The van der Waals surface area contributed by atoms with Gasteiger partial charge in [-0.3, -0.25) is 24.1 Å². The fourth-order valence-electron chi connectivity index (χ4n) is 5.11. The van der Waals surface area contributed by atoms with Gasteiger partial charge in [0.25, 0.3) is 11.8 Å². The first-order valence-corrected chi connectivity index (χ1v) is 11.6. The predicted molar refractivity (Wildman–Crippen MR) is 120 cm³/mol. The molecule has 2 atom stereocenters. The Labute approximate surface area is 204 Å². The number of hydrogen-bond donors (Lipinski definition) is 1. The molecule has 5 rings (SSSR count). The van der Waals surface area contributed by atoms with Crippen molar-refractivity contribution in [2.24, 2.45) is 0 Å². The molecule has 12 heteroatoms. The Hall–Kier alpha value is -3.80. The van der Waals surface area contributed by atoms with Crippen LogP contribution in [-0.2, 0) is 22.6 Å². The molecule has 190 valence electrons. The Kier molecular flexibility index (Phi) is 6.20. The van der Waals surface area contributed by atoms with Crippen LogP contribution in [0.3, 0.4) is 0 Å². The third-order valence-electron chi connectivity index (χ3n) is 6.80.